The van der Waals surface area contributed by atoms with E-state index < -0.39 is 5.60 Å². The molecule has 0 aromatic heterocycles. The van der Waals surface area contributed by atoms with E-state index in [9.17, 15) is 4.79 Å². The normalized spacial score (nSPS) is 31.2. The van der Waals surface area contributed by atoms with Crippen LogP contribution < -0.4 is 0 Å². The first-order valence-electron chi connectivity index (χ1n) is 7.02. The second-order valence-electron chi connectivity index (χ2n) is 6.93. The summed E-state index contributed by atoms with van der Waals surface area (Å²) in [4.78, 5) is 16.4. The number of piperazine rings is 1. The molecule has 0 bridgehead atoms. The molecule has 2 aliphatic heterocycles. The molecule has 2 aliphatic rings. The third kappa shape index (κ3) is 2.87. The van der Waals surface area contributed by atoms with Crippen molar-refractivity contribution in [1.29, 1.82) is 0 Å². The summed E-state index contributed by atoms with van der Waals surface area (Å²) in [7, 11) is 0. The van der Waals surface area contributed by atoms with Crippen molar-refractivity contribution in [2.45, 2.75) is 65.0 Å². The lowest BCUT2D eigenvalue weighted by molar-refractivity contribution is -0.0735. The van der Waals surface area contributed by atoms with Gasteiger partial charge in [0.25, 0.3) is 0 Å². The average Bonchev–Trinajstić information content (AvgIpc) is 2.53. The van der Waals surface area contributed by atoms with Crippen LogP contribution in [-0.4, -0.2) is 59.0 Å². The Morgan fingerprint density at radius 2 is 1.95 bits per heavy atom. The maximum Gasteiger partial charge on any atom is 0.410 e. The van der Waals surface area contributed by atoms with E-state index in [2.05, 4.69) is 25.7 Å². The quantitative estimate of drug-likeness (QED) is 0.676. The fourth-order valence-electron chi connectivity index (χ4n) is 2.90. The van der Waals surface area contributed by atoms with Gasteiger partial charge >= 0.3 is 6.09 Å². The van der Waals surface area contributed by atoms with Gasteiger partial charge in [0.15, 0.2) is 0 Å². The number of carbonyl (C=O) groups excluding carboxylic acids is 1. The lowest BCUT2D eigenvalue weighted by Gasteiger charge is -2.45. The van der Waals surface area contributed by atoms with E-state index in [0.29, 0.717) is 13.2 Å². The molecule has 5 nitrogen and oxygen atoms in total. The van der Waals surface area contributed by atoms with E-state index in [-0.39, 0.29) is 23.9 Å². The molecule has 2 fully saturated rings. The van der Waals surface area contributed by atoms with Crippen molar-refractivity contribution in [3.63, 3.8) is 0 Å². The zero-order valence-electron chi connectivity index (χ0n) is 12.9. The Morgan fingerprint density at radius 1 is 1.32 bits per heavy atom. The third-order valence-corrected chi connectivity index (χ3v) is 3.96. The highest BCUT2D eigenvalue weighted by atomic mass is 16.6. The van der Waals surface area contributed by atoms with Crippen molar-refractivity contribution >= 4 is 6.09 Å². The van der Waals surface area contributed by atoms with Gasteiger partial charge in [0, 0.05) is 13.1 Å². The summed E-state index contributed by atoms with van der Waals surface area (Å²) >= 11 is 0. The highest BCUT2D eigenvalue weighted by Gasteiger charge is 2.48. The molecule has 2 atom stereocenters. The number of fused-ring (bicyclic) bond motifs is 1. The van der Waals surface area contributed by atoms with Gasteiger partial charge in [0.05, 0.1) is 18.7 Å². The minimum Gasteiger partial charge on any atom is -0.444 e. The van der Waals surface area contributed by atoms with E-state index in [0.717, 1.165) is 6.54 Å². The topological polar surface area (TPSA) is 42.0 Å². The van der Waals surface area contributed by atoms with Crippen molar-refractivity contribution in [3.8, 4) is 0 Å². The van der Waals surface area contributed by atoms with Crippen LogP contribution in [0, 0.1) is 0 Å². The largest absolute Gasteiger partial charge is 0.444 e. The SMILES string of the molecule is CC1C2COC(C)(C)N2CCN1C(=O)OC(C)(C)C. The molecule has 1 amide bonds. The number of hydrogen-bond acceptors (Lipinski definition) is 4. The molecule has 110 valence electrons. The maximum atomic E-state index is 12.2. The molecule has 0 aromatic carbocycles. The van der Waals surface area contributed by atoms with E-state index in [1.165, 1.54) is 0 Å². The van der Waals surface area contributed by atoms with Crippen LogP contribution in [0.4, 0.5) is 4.79 Å². The second-order valence-corrected chi connectivity index (χ2v) is 6.93. The molecule has 0 saturated carbocycles. The monoisotopic (exact) mass is 270 g/mol. The summed E-state index contributed by atoms with van der Waals surface area (Å²) in [6, 6.07) is 0.377. The Labute approximate surface area is 115 Å². The van der Waals surface area contributed by atoms with Gasteiger partial charge in [0.1, 0.15) is 11.3 Å². The van der Waals surface area contributed by atoms with Crippen molar-refractivity contribution in [1.82, 2.24) is 9.80 Å². The van der Waals surface area contributed by atoms with Crippen LogP contribution in [0.5, 0.6) is 0 Å². The third-order valence-electron chi connectivity index (χ3n) is 3.96. The van der Waals surface area contributed by atoms with Gasteiger partial charge in [-0.15, -0.1) is 0 Å². The predicted octanol–water partition coefficient (Wildman–Crippen LogP) is 2.06. The summed E-state index contributed by atoms with van der Waals surface area (Å²) in [6.45, 7) is 14.1. The van der Waals surface area contributed by atoms with Gasteiger partial charge in [-0.2, -0.15) is 0 Å². The lowest BCUT2D eigenvalue weighted by Crippen LogP contribution is -2.62. The Morgan fingerprint density at radius 3 is 2.53 bits per heavy atom. The van der Waals surface area contributed by atoms with Crippen molar-refractivity contribution < 1.29 is 14.3 Å². The van der Waals surface area contributed by atoms with Gasteiger partial charge in [0.2, 0.25) is 0 Å². The maximum absolute atomic E-state index is 12.2. The van der Waals surface area contributed by atoms with Gasteiger partial charge in [-0.25, -0.2) is 4.79 Å². The van der Waals surface area contributed by atoms with Gasteiger partial charge in [-0.05, 0) is 41.5 Å². The lowest BCUT2D eigenvalue weighted by atomic mass is 10.0. The Balaban J connectivity index is 2.06. The number of carbonyl (C=O) groups is 1. The van der Waals surface area contributed by atoms with E-state index in [1.807, 2.05) is 25.7 Å². The Kier molecular flexibility index (Phi) is 3.56. The van der Waals surface area contributed by atoms with Crippen molar-refractivity contribution in [3.05, 3.63) is 0 Å². The Hall–Kier alpha value is -0.810. The van der Waals surface area contributed by atoms with Crippen LogP contribution in [0.25, 0.3) is 0 Å². The molecule has 0 spiro atoms. The minimum atomic E-state index is -0.445. The van der Waals surface area contributed by atoms with E-state index in [1.54, 1.807) is 0 Å². The predicted molar refractivity (Wildman–Crippen MR) is 72.9 cm³/mol. The first-order valence-corrected chi connectivity index (χ1v) is 7.02. The van der Waals surface area contributed by atoms with E-state index in [4.69, 9.17) is 9.47 Å². The molecule has 19 heavy (non-hydrogen) atoms. The Bertz CT molecular complexity index is 362. The molecule has 0 radical (unpaired) electrons. The van der Waals surface area contributed by atoms with Crippen molar-refractivity contribution in [2.24, 2.45) is 0 Å². The molecule has 0 N–H and O–H groups in total. The zero-order valence-corrected chi connectivity index (χ0v) is 12.9. The number of rotatable bonds is 0. The van der Waals surface area contributed by atoms with Crippen LogP contribution in [0.2, 0.25) is 0 Å². The van der Waals surface area contributed by atoms with Crippen LogP contribution in [0.15, 0.2) is 0 Å². The summed E-state index contributed by atoms with van der Waals surface area (Å²) in [5.74, 6) is 0. The molecule has 5 heteroatoms. The highest BCUT2D eigenvalue weighted by Crippen LogP contribution is 2.33. The first-order chi connectivity index (χ1) is 8.62. The van der Waals surface area contributed by atoms with Crippen LogP contribution in [-0.2, 0) is 9.47 Å². The standard InChI is InChI=1S/C14H26N2O3/c1-10-11-9-18-14(5,6)16(11)8-7-15(10)12(17)19-13(2,3)4/h10-11H,7-9H2,1-6H3. The van der Waals surface area contributed by atoms with Crippen LogP contribution >= 0.6 is 0 Å². The number of ether oxygens (including phenoxy) is 2. The van der Waals surface area contributed by atoms with Crippen LogP contribution in [0.3, 0.4) is 0 Å². The minimum absolute atomic E-state index is 0.116. The molecule has 0 aromatic rings. The van der Waals surface area contributed by atoms with Gasteiger partial charge in [-0.3, -0.25) is 4.90 Å². The summed E-state index contributed by atoms with van der Waals surface area (Å²) < 4.78 is 11.3. The number of nitrogens with zero attached hydrogens (tertiary/aromatic N) is 2. The smallest absolute Gasteiger partial charge is 0.410 e. The first kappa shape index (κ1) is 14.6. The molecule has 2 rings (SSSR count). The molecule has 2 saturated heterocycles. The molecule has 2 unspecified atom stereocenters. The average molecular weight is 270 g/mol. The van der Waals surface area contributed by atoms with Gasteiger partial charge in [-0.1, -0.05) is 0 Å². The summed E-state index contributed by atoms with van der Waals surface area (Å²) in [5.41, 5.74) is -0.668. The molecular weight excluding hydrogens is 244 g/mol. The summed E-state index contributed by atoms with van der Waals surface area (Å²) in [6.07, 6.45) is -0.218. The van der Waals surface area contributed by atoms with Crippen molar-refractivity contribution in [2.75, 3.05) is 19.7 Å². The fraction of sp³-hybridized carbons (Fsp3) is 0.929. The second kappa shape index (κ2) is 4.63. The fourth-order valence-corrected chi connectivity index (χ4v) is 2.90. The van der Waals surface area contributed by atoms with Gasteiger partial charge < -0.3 is 14.4 Å². The molecule has 2 heterocycles. The number of amides is 1. The number of hydrogen-bond donors (Lipinski definition) is 0. The summed E-state index contributed by atoms with van der Waals surface area (Å²) in [5, 5.41) is 0. The highest BCUT2D eigenvalue weighted by molar-refractivity contribution is 5.68. The molecule has 0 aliphatic carbocycles. The molecular formula is C14H26N2O3. The zero-order chi connectivity index (χ0) is 14.4. The van der Waals surface area contributed by atoms with Crippen LogP contribution in [0.1, 0.15) is 41.5 Å². The van der Waals surface area contributed by atoms with E-state index >= 15 is 0 Å².